The van der Waals surface area contributed by atoms with Gasteiger partial charge < -0.3 is 23.8 Å². The van der Waals surface area contributed by atoms with Crippen molar-refractivity contribution in [3.63, 3.8) is 0 Å². The molecule has 0 spiro atoms. The van der Waals surface area contributed by atoms with Crippen LogP contribution in [0.4, 0.5) is 0 Å². The molecule has 0 aliphatic carbocycles. The highest BCUT2D eigenvalue weighted by atomic mass is 16.5. The van der Waals surface area contributed by atoms with Gasteiger partial charge in [-0.1, -0.05) is 6.07 Å². The zero-order valence-electron chi connectivity index (χ0n) is 16.1. The van der Waals surface area contributed by atoms with Gasteiger partial charge in [-0.15, -0.1) is 0 Å². The predicted octanol–water partition coefficient (Wildman–Crippen LogP) is 1.79. The van der Waals surface area contributed by atoms with Crippen molar-refractivity contribution in [3.05, 3.63) is 29.3 Å². The highest BCUT2D eigenvalue weighted by Crippen LogP contribution is 2.29. The van der Waals surface area contributed by atoms with Crippen molar-refractivity contribution >= 4 is 18.0 Å². The maximum atomic E-state index is 12.2. The molecule has 28 heavy (non-hydrogen) atoms. The third kappa shape index (κ3) is 5.99. The quantitative estimate of drug-likeness (QED) is 0.380. The van der Waals surface area contributed by atoms with Crippen molar-refractivity contribution in [2.75, 3.05) is 46.1 Å². The van der Waals surface area contributed by atoms with E-state index in [2.05, 4.69) is 0 Å². The molecule has 0 radical (unpaired) electrons. The Bertz CT molecular complexity index is 762. The summed E-state index contributed by atoms with van der Waals surface area (Å²) >= 11 is 0. The van der Waals surface area contributed by atoms with Crippen LogP contribution in [0.5, 0.6) is 11.5 Å². The van der Waals surface area contributed by atoms with Crippen LogP contribution >= 0.6 is 0 Å². The molecule has 8 heteroatoms. The van der Waals surface area contributed by atoms with Gasteiger partial charge in [-0.05, 0) is 37.6 Å². The Morgan fingerprint density at radius 2 is 1.93 bits per heavy atom. The van der Waals surface area contributed by atoms with Crippen LogP contribution in [0.3, 0.4) is 0 Å². The number of rotatable bonds is 8. The molecule has 0 aromatic heterocycles. The number of carbonyl (C=O) groups is 2. The Labute approximate surface area is 164 Å². The molecule has 8 nitrogen and oxygen atoms in total. The SMILES string of the molecule is CCOC(=O)/C(C#N)=C\c1ccc(OCC(=O)N2CCOCC2)c(OCC)c1. The van der Waals surface area contributed by atoms with Crippen molar-refractivity contribution in [2.45, 2.75) is 13.8 Å². The van der Waals surface area contributed by atoms with E-state index in [0.717, 1.165) is 0 Å². The van der Waals surface area contributed by atoms with E-state index in [1.165, 1.54) is 6.08 Å². The molecule has 0 unspecified atom stereocenters. The fraction of sp³-hybridized carbons (Fsp3) is 0.450. The molecule has 1 fully saturated rings. The number of amides is 1. The van der Waals surface area contributed by atoms with Crippen LogP contribution in [0.15, 0.2) is 23.8 Å². The molecule has 1 aromatic carbocycles. The normalized spacial score (nSPS) is 14.2. The maximum Gasteiger partial charge on any atom is 0.348 e. The average molecular weight is 388 g/mol. The lowest BCUT2D eigenvalue weighted by Gasteiger charge is -2.26. The molecule has 1 aliphatic heterocycles. The van der Waals surface area contributed by atoms with Gasteiger partial charge in [-0.2, -0.15) is 5.26 Å². The molecule has 1 heterocycles. The topological polar surface area (TPSA) is 98.1 Å². The largest absolute Gasteiger partial charge is 0.490 e. The molecule has 1 amide bonds. The first kappa shape index (κ1) is 21.3. The Balaban J connectivity index is 2.12. The summed E-state index contributed by atoms with van der Waals surface area (Å²) in [6.45, 7) is 6.12. The number of carbonyl (C=O) groups excluding carboxylic acids is 2. The van der Waals surface area contributed by atoms with Crippen LogP contribution in [-0.4, -0.2) is 62.9 Å². The molecule has 1 saturated heterocycles. The van der Waals surface area contributed by atoms with Crippen LogP contribution in [0.2, 0.25) is 0 Å². The van der Waals surface area contributed by atoms with Gasteiger partial charge in [-0.3, -0.25) is 4.79 Å². The standard InChI is InChI=1S/C20H24N2O6/c1-3-26-18-12-15(11-16(13-21)20(24)27-4-2)5-6-17(18)28-14-19(23)22-7-9-25-10-8-22/h5-6,11-12H,3-4,7-10,14H2,1-2H3/b16-11-. The molecule has 0 bridgehead atoms. The van der Waals surface area contributed by atoms with E-state index in [0.29, 0.717) is 50.0 Å². The second-order valence-corrected chi connectivity index (χ2v) is 5.81. The number of nitriles is 1. The maximum absolute atomic E-state index is 12.2. The number of ether oxygens (including phenoxy) is 4. The fourth-order valence-electron chi connectivity index (χ4n) is 2.56. The first-order chi connectivity index (χ1) is 13.6. The van der Waals surface area contributed by atoms with Gasteiger partial charge in [0, 0.05) is 13.1 Å². The highest BCUT2D eigenvalue weighted by Gasteiger charge is 2.18. The summed E-state index contributed by atoms with van der Waals surface area (Å²) in [5.41, 5.74) is 0.473. The fourth-order valence-corrected chi connectivity index (χ4v) is 2.56. The molecule has 1 aromatic rings. The van der Waals surface area contributed by atoms with Gasteiger partial charge in [0.25, 0.3) is 5.91 Å². The number of benzene rings is 1. The Morgan fingerprint density at radius 3 is 2.57 bits per heavy atom. The number of morpholine rings is 1. The monoisotopic (exact) mass is 388 g/mol. The van der Waals surface area contributed by atoms with E-state index in [9.17, 15) is 9.59 Å². The van der Waals surface area contributed by atoms with Crippen LogP contribution in [-0.2, 0) is 19.1 Å². The minimum absolute atomic E-state index is 0.110. The van der Waals surface area contributed by atoms with Crippen molar-refractivity contribution in [1.82, 2.24) is 4.90 Å². The number of nitrogens with zero attached hydrogens (tertiary/aromatic N) is 2. The summed E-state index contributed by atoms with van der Waals surface area (Å²) in [7, 11) is 0. The summed E-state index contributed by atoms with van der Waals surface area (Å²) in [4.78, 5) is 25.7. The number of hydrogen-bond donors (Lipinski definition) is 0. The number of esters is 1. The van der Waals surface area contributed by atoms with Crippen molar-refractivity contribution in [2.24, 2.45) is 0 Å². The summed E-state index contributed by atoms with van der Waals surface area (Å²) in [6, 6.07) is 6.80. The Hall–Kier alpha value is -3.05. The first-order valence-electron chi connectivity index (χ1n) is 9.13. The van der Waals surface area contributed by atoms with E-state index in [1.807, 2.05) is 13.0 Å². The Kier molecular flexibility index (Phi) is 8.31. The molecule has 2 rings (SSSR count). The van der Waals surface area contributed by atoms with E-state index in [-0.39, 0.29) is 24.7 Å². The third-order valence-corrected chi connectivity index (χ3v) is 3.91. The van der Waals surface area contributed by atoms with Crippen LogP contribution < -0.4 is 9.47 Å². The van der Waals surface area contributed by atoms with Crippen molar-refractivity contribution in [3.8, 4) is 17.6 Å². The molecular formula is C20H24N2O6. The smallest absolute Gasteiger partial charge is 0.348 e. The Morgan fingerprint density at radius 1 is 1.18 bits per heavy atom. The molecule has 0 saturated carbocycles. The molecule has 1 aliphatic rings. The second kappa shape index (κ2) is 10.9. The minimum atomic E-state index is -0.681. The van der Waals surface area contributed by atoms with Gasteiger partial charge in [0.05, 0.1) is 26.4 Å². The molecule has 0 atom stereocenters. The summed E-state index contributed by atoms with van der Waals surface area (Å²) in [6.07, 6.45) is 1.42. The van der Waals surface area contributed by atoms with Crippen molar-refractivity contribution < 1.29 is 28.5 Å². The molecular weight excluding hydrogens is 364 g/mol. The lowest BCUT2D eigenvalue weighted by atomic mass is 10.1. The van der Waals surface area contributed by atoms with Gasteiger partial charge in [0.2, 0.25) is 0 Å². The minimum Gasteiger partial charge on any atom is -0.490 e. The third-order valence-electron chi connectivity index (χ3n) is 3.91. The van der Waals surface area contributed by atoms with Gasteiger partial charge in [0.1, 0.15) is 11.6 Å². The predicted molar refractivity (Wildman–Crippen MR) is 101 cm³/mol. The summed E-state index contributed by atoms with van der Waals surface area (Å²) in [5, 5.41) is 9.15. The van der Waals surface area contributed by atoms with Crippen LogP contribution in [0, 0.1) is 11.3 Å². The van der Waals surface area contributed by atoms with Gasteiger partial charge in [0.15, 0.2) is 18.1 Å². The van der Waals surface area contributed by atoms with Crippen molar-refractivity contribution in [1.29, 1.82) is 5.26 Å². The lowest BCUT2D eigenvalue weighted by molar-refractivity contribution is -0.138. The van der Waals surface area contributed by atoms with E-state index in [1.54, 1.807) is 30.0 Å². The molecule has 0 N–H and O–H groups in total. The average Bonchev–Trinajstić information content (AvgIpc) is 2.72. The number of hydrogen-bond acceptors (Lipinski definition) is 7. The summed E-state index contributed by atoms with van der Waals surface area (Å²) < 4.78 is 21.3. The zero-order valence-corrected chi connectivity index (χ0v) is 16.1. The summed E-state index contributed by atoms with van der Waals surface area (Å²) in [5.74, 6) is 0.0330. The van der Waals surface area contributed by atoms with Crippen LogP contribution in [0.1, 0.15) is 19.4 Å². The van der Waals surface area contributed by atoms with E-state index >= 15 is 0 Å². The van der Waals surface area contributed by atoms with E-state index < -0.39 is 5.97 Å². The van der Waals surface area contributed by atoms with E-state index in [4.69, 9.17) is 24.2 Å². The lowest BCUT2D eigenvalue weighted by Crippen LogP contribution is -2.43. The first-order valence-corrected chi connectivity index (χ1v) is 9.13. The second-order valence-electron chi connectivity index (χ2n) is 5.81. The molecule has 150 valence electrons. The van der Waals surface area contributed by atoms with Crippen LogP contribution in [0.25, 0.3) is 6.08 Å². The highest BCUT2D eigenvalue weighted by molar-refractivity contribution is 5.97. The van der Waals surface area contributed by atoms with Gasteiger partial charge >= 0.3 is 5.97 Å². The van der Waals surface area contributed by atoms with Gasteiger partial charge in [-0.25, -0.2) is 4.79 Å². The zero-order chi connectivity index (χ0) is 20.4.